The molecule has 4 aromatic carbocycles. The number of pyridine rings is 1. The van der Waals surface area contributed by atoms with Crippen molar-refractivity contribution in [1.82, 2.24) is 9.88 Å². The van der Waals surface area contributed by atoms with Crippen LogP contribution in [0.5, 0.6) is 17.2 Å². The Morgan fingerprint density at radius 2 is 1.50 bits per heavy atom. The summed E-state index contributed by atoms with van der Waals surface area (Å²) in [5.41, 5.74) is 9.01. The van der Waals surface area contributed by atoms with Crippen molar-refractivity contribution in [2.24, 2.45) is 5.92 Å². The molecule has 0 bridgehead atoms. The molecule has 1 aliphatic rings. The molecular weight excluding hydrogens is 725 g/mol. The van der Waals surface area contributed by atoms with E-state index in [0.29, 0.717) is 59.0 Å². The fraction of sp³-hybridized carbons (Fsp3) is 0.279. The largest absolute Gasteiger partial charge is 0.488 e. The molecule has 9 nitrogen and oxygen atoms in total. The number of hydrogen-bond acceptors (Lipinski definition) is 8. The second-order valence-corrected chi connectivity index (χ2v) is 14.3. The van der Waals surface area contributed by atoms with Crippen LogP contribution in [-0.4, -0.2) is 39.2 Å². The van der Waals surface area contributed by atoms with Gasteiger partial charge in [0, 0.05) is 42.7 Å². The van der Waals surface area contributed by atoms with Crippen LogP contribution in [0.1, 0.15) is 57.3 Å². The molecule has 11 heteroatoms. The van der Waals surface area contributed by atoms with Gasteiger partial charge in [0.1, 0.15) is 43.1 Å². The maximum atomic E-state index is 11.7. The molecule has 1 aliphatic heterocycles. The number of benzene rings is 4. The van der Waals surface area contributed by atoms with Crippen LogP contribution in [0.25, 0.3) is 11.1 Å². The van der Waals surface area contributed by atoms with Crippen molar-refractivity contribution < 1.29 is 29.2 Å². The Balaban J connectivity index is 1.21. The minimum Gasteiger partial charge on any atom is -0.488 e. The molecule has 1 atom stereocenters. The van der Waals surface area contributed by atoms with Gasteiger partial charge in [-0.15, -0.1) is 0 Å². The lowest BCUT2D eigenvalue weighted by Gasteiger charge is -2.31. The molecule has 6 rings (SSSR count). The summed E-state index contributed by atoms with van der Waals surface area (Å²) in [5.74, 6) is 0.352. The highest BCUT2D eigenvalue weighted by Crippen LogP contribution is 2.37. The highest BCUT2D eigenvalue weighted by Gasteiger charge is 2.26. The van der Waals surface area contributed by atoms with Crippen molar-refractivity contribution in [3.63, 3.8) is 0 Å². The SMILES string of the molecule is Cc1c(COc2ccc(CO)cc2Cl)cccc1-c1cccc(COc2cc(OCc3cncc(C#N)c3)c(CN3CCCC(C(=O)O)C3)cc2Cl)c1C. The first-order valence-corrected chi connectivity index (χ1v) is 18.5. The van der Waals surface area contributed by atoms with Crippen LogP contribution < -0.4 is 14.2 Å². The molecule has 0 radical (unpaired) electrons. The number of carboxylic acids is 1. The summed E-state index contributed by atoms with van der Waals surface area (Å²) >= 11 is 13.2. The van der Waals surface area contributed by atoms with E-state index in [9.17, 15) is 20.3 Å². The van der Waals surface area contributed by atoms with Gasteiger partial charge in [-0.3, -0.25) is 14.7 Å². The van der Waals surface area contributed by atoms with Crippen LogP contribution in [-0.2, 0) is 37.8 Å². The maximum Gasteiger partial charge on any atom is 0.307 e. The van der Waals surface area contributed by atoms with E-state index >= 15 is 0 Å². The number of piperidine rings is 1. The van der Waals surface area contributed by atoms with Crippen molar-refractivity contribution in [1.29, 1.82) is 5.26 Å². The van der Waals surface area contributed by atoms with Gasteiger partial charge in [0.15, 0.2) is 0 Å². The fourth-order valence-electron chi connectivity index (χ4n) is 6.71. The van der Waals surface area contributed by atoms with Crippen LogP contribution in [0.3, 0.4) is 0 Å². The van der Waals surface area contributed by atoms with Gasteiger partial charge < -0.3 is 24.4 Å². The van der Waals surface area contributed by atoms with E-state index in [1.54, 1.807) is 36.5 Å². The van der Waals surface area contributed by atoms with Gasteiger partial charge in [0.2, 0.25) is 0 Å². The number of aliphatic hydroxyl groups excluding tert-OH is 1. The van der Waals surface area contributed by atoms with Crippen molar-refractivity contribution in [2.75, 3.05) is 13.1 Å². The Bertz CT molecular complexity index is 2190. The number of ether oxygens (including phenoxy) is 3. The average Bonchev–Trinajstić information content (AvgIpc) is 3.18. The van der Waals surface area contributed by atoms with Crippen LogP contribution >= 0.6 is 23.2 Å². The molecule has 2 N–H and O–H groups in total. The quantitative estimate of drug-likeness (QED) is 0.114. The summed E-state index contributed by atoms with van der Waals surface area (Å²) in [4.78, 5) is 18.0. The number of aliphatic carboxylic acids is 1. The first-order valence-electron chi connectivity index (χ1n) is 17.7. The van der Waals surface area contributed by atoms with Gasteiger partial charge in [-0.25, -0.2) is 0 Å². The number of aliphatic hydroxyl groups is 1. The van der Waals surface area contributed by atoms with Gasteiger partial charge in [-0.2, -0.15) is 5.26 Å². The summed E-state index contributed by atoms with van der Waals surface area (Å²) in [6.07, 6.45) is 4.60. The Labute approximate surface area is 325 Å². The number of halogens is 2. The number of hydrogen-bond donors (Lipinski definition) is 2. The summed E-state index contributed by atoms with van der Waals surface area (Å²) in [6.45, 7) is 6.49. The lowest BCUT2D eigenvalue weighted by atomic mass is 9.92. The third-order valence-corrected chi connectivity index (χ3v) is 10.4. The molecule has 1 saturated heterocycles. The molecule has 5 aromatic rings. The van der Waals surface area contributed by atoms with E-state index < -0.39 is 11.9 Å². The fourth-order valence-corrected chi connectivity index (χ4v) is 7.21. The van der Waals surface area contributed by atoms with E-state index in [2.05, 4.69) is 41.9 Å². The van der Waals surface area contributed by atoms with E-state index in [4.69, 9.17) is 37.4 Å². The average molecular weight is 767 g/mol. The van der Waals surface area contributed by atoms with E-state index in [-0.39, 0.29) is 19.8 Å². The topological polar surface area (TPSA) is 125 Å². The molecule has 0 aliphatic carbocycles. The zero-order valence-corrected chi connectivity index (χ0v) is 31.7. The molecular formula is C43H41Cl2N3O6. The second kappa shape index (κ2) is 17.8. The highest BCUT2D eigenvalue weighted by molar-refractivity contribution is 6.32. The molecule has 0 spiro atoms. The molecule has 0 amide bonds. The molecule has 0 saturated carbocycles. The Morgan fingerprint density at radius 3 is 2.15 bits per heavy atom. The van der Waals surface area contributed by atoms with Crippen molar-refractivity contribution in [2.45, 2.75) is 59.7 Å². The number of likely N-dealkylation sites (tertiary alicyclic amines) is 1. The molecule has 1 unspecified atom stereocenters. The smallest absolute Gasteiger partial charge is 0.307 e. The summed E-state index contributed by atoms with van der Waals surface area (Å²) < 4.78 is 18.8. The minimum absolute atomic E-state index is 0.0887. The van der Waals surface area contributed by atoms with Gasteiger partial charge in [0.25, 0.3) is 0 Å². The maximum absolute atomic E-state index is 11.7. The molecule has 1 fully saturated rings. The van der Waals surface area contributed by atoms with Crippen LogP contribution in [0.2, 0.25) is 10.0 Å². The number of nitriles is 1. The van der Waals surface area contributed by atoms with Crippen LogP contribution in [0.4, 0.5) is 0 Å². The normalized spacial score (nSPS) is 14.3. The van der Waals surface area contributed by atoms with Crippen molar-refractivity contribution in [3.8, 4) is 34.4 Å². The van der Waals surface area contributed by atoms with E-state index in [1.165, 1.54) is 6.20 Å². The number of rotatable bonds is 14. The summed E-state index contributed by atoms with van der Waals surface area (Å²) in [5, 5.41) is 29.2. The molecule has 54 heavy (non-hydrogen) atoms. The van der Waals surface area contributed by atoms with Crippen molar-refractivity contribution >= 4 is 29.2 Å². The Kier molecular flexibility index (Phi) is 12.7. The third-order valence-electron chi connectivity index (χ3n) is 9.81. The standard InChI is InChI=1S/C43H41Cl2N3O6/c1-27-33(25-53-40-12-11-29(23-49)15-38(40)44)6-3-9-36(27)37-10-4-7-34(28(37)2)26-54-42-17-41(52-24-31-14-30(18-46)19-47-20-31)35(16-39(42)45)22-48-13-5-8-32(21-48)43(50)51/h3-4,6-7,9-12,14-17,19-20,32,49H,5,8,13,21-26H2,1-2H3,(H,50,51). The Hall–Kier alpha value is -5.11. The first-order chi connectivity index (χ1) is 26.1. The minimum atomic E-state index is -0.786. The lowest BCUT2D eigenvalue weighted by Crippen LogP contribution is -2.38. The predicted octanol–water partition coefficient (Wildman–Crippen LogP) is 9.07. The predicted molar refractivity (Wildman–Crippen MR) is 208 cm³/mol. The zero-order valence-electron chi connectivity index (χ0n) is 30.1. The third kappa shape index (κ3) is 9.33. The van der Waals surface area contributed by atoms with E-state index in [1.807, 2.05) is 30.3 Å². The second-order valence-electron chi connectivity index (χ2n) is 13.5. The Morgan fingerprint density at radius 1 is 0.833 bits per heavy atom. The number of carboxylic acid groups (broad SMARTS) is 1. The summed E-state index contributed by atoms with van der Waals surface area (Å²) in [7, 11) is 0. The van der Waals surface area contributed by atoms with Crippen LogP contribution in [0, 0.1) is 31.1 Å². The van der Waals surface area contributed by atoms with Crippen molar-refractivity contribution in [3.05, 3.63) is 140 Å². The van der Waals surface area contributed by atoms with Gasteiger partial charge >= 0.3 is 5.97 Å². The number of carbonyl (C=O) groups is 1. The summed E-state index contributed by atoms with van der Waals surface area (Å²) in [6, 6.07) is 25.0. The van der Waals surface area contributed by atoms with Gasteiger partial charge in [0.05, 0.1) is 28.1 Å². The zero-order chi connectivity index (χ0) is 38.2. The van der Waals surface area contributed by atoms with E-state index in [0.717, 1.165) is 63.0 Å². The molecule has 278 valence electrons. The lowest BCUT2D eigenvalue weighted by molar-refractivity contribution is -0.143. The monoisotopic (exact) mass is 765 g/mol. The van der Waals surface area contributed by atoms with Gasteiger partial charge in [-0.1, -0.05) is 65.7 Å². The van der Waals surface area contributed by atoms with Crippen LogP contribution in [0.15, 0.2) is 85.2 Å². The highest BCUT2D eigenvalue weighted by atomic mass is 35.5. The number of aromatic nitrogens is 1. The number of nitrogens with zero attached hydrogens (tertiary/aromatic N) is 3. The molecule has 2 heterocycles. The first kappa shape index (κ1) is 38.6. The van der Waals surface area contributed by atoms with Gasteiger partial charge in [-0.05, 0) is 96.4 Å². The molecule has 1 aromatic heterocycles.